The summed E-state index contributed by atoms with van der Waals surface area (Å²) in [5.41, 5.74) is 0.813. The van der Waals surface area contributed by atoms with Crippen LogP contribution in [0.5, 0.6) is 0 Å². The highest BCUT2D eigenvalue weighted by Gasteiger charge is 2.43. The maximum atomic E-state index is 14.1. The number of amides is 5. The molecule has 0 radical (unpaired) electrons. The molecule has 0 bridgehead atoms. The predicted molar refractivity (Wildman–Crippen MR) is 179 cm³/mol. The number of cyclic esters (lactones) is 1. The summed E-state index contributed by atoms with van der Waals surface area (Å²) in [4.78, 5) is 84.9. The van der Waals surface area contributed by atoms with Gasteiger partial charge in [0.05, 0.1) is 0 Å². The van der Waals surface area contributed by atoms with Crippen LogP contribution in [0, 0.1) is 11.3 Å². The number of rotatable bonds is 5. The minimum absolute atomic E-state index is 0.0640. The standard InChI is InChI=1S/C35H49N7O7/c1-22-18-29-35(48)49-21-26(39-32(45)25(38-23(2)43)19-24-10-4-3-5-11-24)31(36)40-17-9-13-28(40)34(47)41-16-7-6-12-27(41)33(46)37-15-8-14-30(44)42(29)20-22/h3-5,10-11,22,25-29,36H,6-9,12-21H2,1-2H3,(H,37,46)(H,38,43)(H,39,45)/t22-,25+,26+,27+,28+,29+/m1/s1. The molecular weight excluding hydrogens is 630 g/mol. The van der Waals surface area contributed by atoms with Gasteiger partial charge in [-0.25, -0.2) is 4.79 Å². The third-order valence-corrected chi connectivity index (χ3v) is 9.92. The fourth-order valence-electron chi connectivity index (χ4n) is 7.46. The number of esters is 1. The Balaban J connectivity index is 1.44. The smallest absolute Gasteiger partial charge is 0.328 e. The van der Waals surface area contributed by atoms with Crippen molar-refractivity contribution in [1.29, 1.82) is 5.41 Å². The number of carbonyl (C=O) groups excluding carboxylic acids is 6. The fraction of sp³-hybridized carbons (Fsp3) is 0.629. The number of benzene rings is 1. The van der Waals surface area contributed by atoms with Gasteiger partial charge in [-0.1, -0.05) is 37.3 Å². The van der Waals surface area contributed by atoms with E-state index in [1.54, 1.807) is 9.80 Å². The summed E-state index contributed by atoms with van der Waals surface area (Å²) in [6.07, 6.45) is 4.28. The molecule has 0 saturated carbocycles. The van der Waals surface area contributed by atoms with Crippen LogP contribution >= 0.6 is 0 Å². The van der Waals surface area contributed by atoms with E-state index in [4.69, 9.17) is 4.74 Å². The Kier molecular flexibility index (Phi) is 11.9. The Morgan fingerprint density at radius 3 is 2.45 bits per heavy atom. The number of piperidine rings is 1. The van der Waals surface area contributed by atoms with Crippen molar-refractivity contribution in [3.05, 3.63) is 35.9 Å². The average molecular weight is 680 g/mol. The van der Waals surface area contributed by atoms with E-state index in [1.807, 2.05) is 37.3 Å². The SMILES string of the molecule is CC(=O)N[C@@H](Cc1ccccc1)C(=O)N[C@H]1COC(=O)[C@@H]2C[C@@H](C)CN2C(=O)CCCNC(=O)[C@@H]2CCCCN2C(=O)[C@@H]2CCCN2C1=N. The van der Waals surface area contributed by atoms with Crippen molar-refractivity contribution in [2.24, 2.45) is 5.92 Å². The molecule has 0 aromatic heterocycles. The first-order valence-electron chi connectivity index (χ1n) is 17.5. The summed E-state index contributed by atoms with van der Waals surface area (Å²) in [6.45, 7) is 4.31. The molecule has 0 spiro atoms. The van der Waals surface area contributed by atoms with Crippen LogP contribution in [0.25, 0.3) is 0 Å². The second kappa shape index (κ2) is 16.3. The summed E-state index contributed by atoms with van der Waals surface area (Å²) >= 11 is 0. The van der Waals surface area contributed by atoms with Gasteiger partial charge in [0.15, 0.2) is 0 Å². The van der Waals surface area contributed by atoms with E-state index >= 15 is 0 Å². The van der Waals surface area contributed by atoms with Crippen molar-refractivity contribution in [1.82, 2.24) is 30.7 Å². The van der Waals surface area contributed by atoms with Gasteiger partial charge in [0, 0.05) is 45.9 Å². The fourth-order valence-corrected chi connectivity index (χ4v) is 7.46. The van der Waals surface area contributed by atoms with Gasteiger partial charge in [0.1, 0.15) is 42.7 Å². The second-order valence-electron chi connectivity index (χ2n) is 13.7. The van der Waals surface area contributed by atoms with Gasteiger partial charge in [0.2, 0.25) is 29.5 Å². The maximum Gasteiger partial charge on any atom is 0.328 e. The topological polar surface area (TPSA) is 181 Å². The number of carbonyl (C=O) groups is 6. The lowest BCUT2D eigenvalue weighted by Crippen LogP contribution is -2.60. The summed E-state index contributed by atoms with van der Waals surface area (Å²) < 4.78 is 5.78. The Morgan fingerprint density at radius 2 is 1.69 bits per heavy atom. The van der Waals surface area contributed by atoms with Crippen LogP contribution in [-0.2, 0) is 39.9 Å². The van der Waals surface area contributed by atoms with Crippen molar-refractivity contribution in [3.8, 4) is 0 Å². The number of amidine groups is 1. The average Bonchev–Trinajstić information content (AvgIpc) is 3.74. The van der Waals surface area contributed by atoms with E-state index in [0.29, 0.717) is 51.7 Å². The zero-order valence-electron chi connectivity index (χ0n) is 28.4. The van der Waals surface area contributed by atoms with Gasteiger partial charge < -0.3 is 35.4 Å². The molecule has 4 fully saturated rings. The van der Waals surface area contributed by atoms with Crippen molar-refractivity contribution in [2.75, 3.05) is 32.8 Å². The highest BCUT2D eigenvalue weighted by molar-refractivity contribution is 5.97. The van der Waals surface area contributed by atoms with E-state index in [9.17, 15) is 34.2 Å². The van der Waals surface area contributed by atoms with E-state index < -0.39 is 54.6 Å². The third-order valence-electron chi connectivity index (χ3n) is 9.92. The molecule has 6 atom stereocenters. The molecule has 14 heteroatoms. The molecule has 5 rings (SSSR count). The van der Waals surface area contributed by atoms with E-state index in [2.05, 4.69) is 16.0 Å². The molecule has 0 aliphatic carbocycles. The largest absolute Gasteiger partial charge is 0.461 e. The first kappa shape index (κ1) is 35.8. The maximum absolute atomic E-state index is 14.1. The number of fused-ring (bicyclic) bond motifs is 3. The zero-order chi connectivity index (χ0) is 35.1. The van der Waals surface area contributed by atoms with Crippen LogP contribution < -0.4 is 16.0 Å². The molecule has 4 N–H and O–H groups in total. The van der Waals surface area contributed by atoms with Crippen molar-refractivity contribution >= 4 is 41.3 Å². The molecule has 1 aromatic rings. The molecular formula is C35H49N7O7. The van der Waals surface area contributed by atoms with Gasteiger partial charge in [-0.15, -0.1) is 0 Å². The van der Waals surface area contributed by atoms with Crippen molar-refractivity contribution in [3.63, 3.8) is 0 Å². The Labute approximate surface area is 287 Å². The normalized spacial score (nSPS) is 27.9. The number of hydrogen-bond acceptors (Lipinski definition) is 8. The molecule has 4 saturated heterocycles. The highest BCUT2D eigenvalue weighted by Crippen LogP contribution is 2.27. The molecule has 5 amide bonds. The molecule has 4 aliphatic rings. The van der Waals surface area contributed by atoms with Gasteiger partial charge in [-0.3, -0.25) is 29.4 Å². The quantitative estimate of drug-likeness (QED) is 0.329. The lowest BCUT2D eigenvalue weighted by molar-refractivity contribution is -0.154. The van der Waals surface area contributed by atoms with Gasteiger partial charge in [-0.05, 0) is 56.4 Å². The first-order chi connectivity index (χ1) is 23.5. The predicted octanol–water partition coefficient (Wildman–Crippen LogP) is 0.732. The van der Waals surface area contributed by atoms with Crippen LogP contribution in [0.2, 0.25) is 0 Å². The minimum Gasteiger partial charge on any atom is -0.461 e. The Bertz CT molecular complexity index is 1420. The first-order valence-corrected chi connectivity index (χ1v) is 17.5. The lowest BCUT2D eigenvalue weighted by Gasteiger charge is -2.39. The van der Waals surface area contributed by atoms with Crippen LogP contribution in [0.4, 0.5) is 0 Å². The molecule has 14 nitrogen and oxygen atoms in total. The van der Waals surface area contributed by atoms with Gasteiger partial charge >= 0.3 is 5.97 Å². The van der Waals surface area contributed by atoms with E-state index in [-0.39, 0.29) is 48.9 Å². The van der Waals surface area contributed by atoms with E-state index in [1.165, 1.54) is 11.8 Å². The Hall–Kier alpha value is -4.49. The molecule has 266 valence electrons. The molecule has 1 aromatic carbocycles. The summed E-state index contributed by atoms with van der Waals surface area (Å²) in [6, 6.07) is 4.86. The van der Waals surface area contributed by atoms with Gasteiger partial charge in [0.25, 0.3) is 0 Å². The van der Waals surface area contributed by atoms with Gasteiger partial charge in [-0.2, -0.15) is 0 Å². The number of ether oxygens (including phenoxy) is 1. The van der Waals surface area contributed by atoms with Crippen molar-refractivity contribution < 1.29 is 33.5 Å². The lowest BCUT2D eigenvalue weighted by atomic mass is 9.99. The summed E-state index contributed by atoms with van der Waals surface area (Å²) in [5, 5.41) is 17.7. The van der Waals surface area contributed by atoms with Crippen LogP contribution in [-0.4, -0.2) is 119 Å². The van der Waals surface area contributed by atoms with Crippen LogP contribution in [0.3, 0.4) is 0 Å². The minimum atomic E-state index is -1.15. The Morgan fingerprint density at radius 1 is 0.959 bits per heavy atom. The van der Waals surface area contributed by atoms with Crippen LogP contribution in [0.1, 0.15) is 70.8 Å². The zero-order valence-corrected chi connectivity index (χ0v) is 28.4. The second-order valence-corrected chi connectivity index (χ2v) is 13.7. The van der Waals surface area contributed by atoms with Crippen molar-refractivity contribution in [2.45, 2.75) is 102 Å². The number of hydrogen-bond donors (Lipinski definition) is 4. The molecule has 4 heterocycles. The molecule has 4 aliphatic heterocycles. The summed E-state index contributed by atoms with van der Waals surface area (Å²) in [5.74, 6) is -2.39. The number of nitrogens with one attached hydrogen (secondary N) is 4. The molecule has 49 heavy (non-hydrogen) atoms. The summed E-state index contributed by atoms with van der Waals surface area (Å²) in [7, 11) is 0. The number of nitrogens with zero attached hydrogens (tertiary/aromatic N) is 3. The monoisotopic (exact) mass is 679 g/mol. The van der Waals surface area contributed by atoms with E-state index in [0.717, 1.165) is 18.4 Å². The third kappa shape index (κ3) is 8.76. The highest BCUT2D eigenvalue weighted by atomic mass is 16.5. The molecule has 0 unspecified atom stereocenters. The van der Waals surface area contributed by atoms with Crippen LogP contribution in [0.15, 0.2) is 30.3 Å².